The topological polar surface area (TPSA) is 98.6 Å². The van der Waals surface area contributed by atoms with E-state index in [1.807, 2.05) is 31.2 Å². The molecule has 0 saturated carbocycles. The van der Waals surface area contributed by atoms with E-state index in [1.165, 1.54) is 0 Å². The predicted octanol–water partition coefficient (Wildman–Crippen LogP) is 4.30. The zero-order valence-electron chi connectivity index (χ0n) is 18.2. The van der Waals surface area contributed by atoms with Crippen LogP contribution in [0.2, 0.25) is 5.02 Å². The van der Waals surface area contributed by atoms with E-state index in [-0.39, 0.29) is 6.04 Å². The summed E-state index contributed by atoms with van der Waals surface area (Å²) >= 11 is 6.39. The highest BCUT2D eigenvalue weighted by Gasteiger charge is 2.34. The number of aryl methyl sites for hydroxylation is 2. The van der Waals surface area contributed by atoms with Crippen LogP contribution < -0.4 is 4.90 Å². The first-order chi connectivity index (χ1) is 15.6. The molecular weight excluding hydrogens is 428 g/mol. The van der Waals surface area contributed by atoms with Gasteiger partial charge in [-0.05, 0) is 37.8 Å². The maximum Gasteiger partial charge on any atom is 0.249 e. The Hall–Kier alpha value is -3.07. The molecule has 1 fully saturated rings. The van der Waals surface area contributed by atoms with Crippen molar-refractivity contribution < 1.29 is 4.52 Å². The summed E-state index contributed by atoms with van der Waals surface area (Å²) in [4.78, 5) is 16.4. The van der Waals surface area contributed by atoms with Crippen LogP contribution in [0.1, 0.15) is 61.8 Å². The molecule has 32 heavy (non-hydrogen) atoms. The smallest absolute Gasteiger partial charge is 0.249 e. The first-order valence-electron chi connectivity index (χ1n) is 11.0. The highest BCUT2D eigenvalue weighted by molar-refractivity contribution is 6.31. The van der Waals surface area contributed by atoms with Crippen LogP contribution in [0.15, 0.2) is 28.8 Å². The minimum Gasteiger partial charge on any atom is -0.343 e. The standard InChI is InChI=1S/C22H25ClN8O/c1-3-4-11-18-25-20(30-12-7-10-17(30)22-24-14(2)28-32-22)19-21(26-18)31(29-27-19)13-15-8-5-6-9-16(15)23/h5-6,8-9,17H,3-4,7,10-13H2,1-2H3. The van der Waals surface area contributed by atoms with Crippen LogP contribution in [0.5, 0.6) is 0 Å². The molecule has 1 unspecified atom stereocenters. The number of hydrogen-bond acceptors (Lipinski definition) is 8. The average molecular weight is 453 g/mol. The predicted molar refractivity (Wildman–Crippen MR) is 121 cm³/mol. The van der Waals surface area contributed by atoms with E-state index in [4.69, 9.17) is 26.1 Å². The van der Waals surface area contributed by atoms with Crippen molar-refractivity contribution in [3.05, 3.63) is 52.4 Å². The fourth-order valence-electron chi connectivity index (χ4n) is 4.15. The lowest BCUT2D eigenvalue weighted by atomic mass is 10.2. The Bertz CT molecular complexity index is 1240. The molecule has 5 rings (SSSR count). The molecule has 0 spiro atoms. The lowest BCUT2D eigenvalue weighted by Crippen LogP contribution is -2.25. The van der Waals surface area contributed by atoms with Gasteiger partial charge in [-0.25, -0.2) is 14.6 Å². The Balaban J connectivity index is 1.58. The molecule has 166 valence electrons. The van der Waals surface area contributed by atoms with Crippen molar-refractivity contribution in [1.29, 1.82) is 0 Å². The van der Waals surface area contributed by atoms with Gasteiger partial charge in [-0.15, -0.1) is 5.10 Å². The Kier molecular flexibility index (Phi) is 5.73. The fourth-order valence-corrected chi connectivity index (χ4v) is 4.35. The van der Waals surface area contributed by atoms with Gasteiger partial charge in [0.05, 0.1) is 6.54 Å². The number of benzene rings is 1. The zero-order valence-corrected chi connectivity index (χ0v) is 19.0. The third-order valence-corrected chi connectivity index (χ3v) is 6.14. The maximum atomic E-state index is 6.39. The van der Waals surface area contributed by atoms with Crippen LogP contribution in [-0.4, -0.2) is 41.6 Å². The quantitative estimate of drug-likeness (QED) is 0.409. The zero-order chi connectivity index (χ0) is 22.1. The van der Waals surface area contributed by atoms with E-state index < -0.39 is 0 Å². The molecule has 0 aliphatic carbocycles. The highest BCUT2D eigenvalue weighted by atomic mass is 35.5. The van der Waals surface area contributed by atoms with E-state index in [0.717, 1.165) is 55.9 Å². The van der Waals surface area contributed by atoms with Crippen LogP contribution in [0.4, 0.5) is 5.82 Å². The number of fused-ring (bicyclic) bond motifs is 1. The normalized spacial score (nSPS) is 16.3. The number of rotatable bonds is 7. The summed E-state index contributed by atoms with van der Waals surface area (Å²) in [6.07, 6.45) is 4.82. The van der Waals surface area contributed by atoms with Gasteiger partial charge < -0.3 is 9.42 Å². The van der Waals surface area contributed by atoms with Gasteiger partial charge in [0, 0.05) is 18.0 Å². The second kappa shape index (κ2) is 8.82. The Morgan fingerprint density at radius 3 is 2.84 bits per heavy atom. The van der Waals surface area contributed by atoms with Crippen LogP contribution in [0.3, 0.4) is 0 Å². The van der Waals surface area contributed by atoms with Crippen molar-refractivity contribution >= 4 is 28.6 Å². The number of halogens is 1. The third-order valence-electron chi connectivity index (χ3n) is 5.78. The molecule has 0 amide bonds. The summed E-state index contributed by atoms with van der Waals surface area (Å²) in [5, 5.41) is 13.6. The second-order valence-corrected chi connectivity index (χ2v) is 8.52. The SMILES string of the molecule is CCCCc1nc(N2CCCC2c2nc(C)no2)c2nnn(Cc3ccccc3Cl)c2n1. The molecule has 10 heteroatoms. The molecule has 1 atom stereocenters. The summed E-state index contributed by atoms with van der Waals surface area (Å²) < 4.78 is 7.31. The van der Waals surface area contributed by atoms with Gasteiger partial charge in [0.15, 0.2) is 22.8 Å². The third kappa shape index (κ3) is 3.92. The molecule has 1 saturated heterocycles. The number of nitrogens with zero attached hydrogens (tertiary/aromatic N) is 8. The maximum absolute atomic E-state index is 6.39. The molecule has 0 radical (unpaired) electrons. The van der Waals surface area contributed by atoms with E-state index in [1.54, 1.807) is 4.68 Å². The van der Waals surface area contributed by atoms with Crippen molar-refractivity contribution in [2.24, 2.45) is 0 Å². The summed E-state index contributed by atoms with van der Waals surface area (Å²) in [6, 6.07) is 7.73. The highest BCUT2D eigenvalue weighted by Crippen LogP contribution is 2.37. The van der Waals surface area contributed by atoms with Gasteiger partial charge in [-0.1, -0.05) is 53.5 Å². The minimum atomic E-state index is -0.0259. The molecule has 9 nitrogen and oxygen atoms in total. The number of anilines is 1. The fraction of sp³-hybridized carbons (Fsp3) is 0.455. The molecule has 3 aromatic heterocycles. The van der Waals surface area contributed by atoms with Crippen LogP contribution in [0, 0.1) is 6.92 Å². The van der Waals surface area contributed by atoms with Crippen LogP contribution in [-0.2, 0) is 13.0 Å². The Morgan fingerprint density at radius 1 is 1.19 bits per heavy atom. The second-order valence-electron chi connectivity index (χ2n) is 8.11. The van der Waals surface area contributed by atoms with Crippen molar-refractivity contribution in [2.45, 2.75) is 58.5 Å². The molecule has 1 aliphatic rings. The van der Waals surface area contributed by atoms with Crippen molar-refractivity contribution in [3.63, 3.8) is 0 Å². The monoisotopic (exact) mass is 452 g/mol. The molecule has 0 N–H and O–H groups in total. The summed E-state index contributed by atoms with van der Waals surface area (Å²) in [7, 11) is 0. The molecule has 1 aliphatic heterocycles. The van der Waals surface area contributed by atoms with E-state index in [2.05, 4.69) is 32.3 Å². The minimum absolute atomic E-state index is 0.0259. The van der Waals surface area contributed by atoms with Crippen LogP contribution in [0.25, 0.3) is 11.2 Å². The average Bonchev–Trinajstić information content (AvgIpc) is 3.53. The molecule has 0 bridgehead atoms. The summed E-state index contributed by atoms with van der Waals surface area (Å²) in [5.41, 5.74) is 2.37. The Morgan fingerprint density at radius 2 is 2.06 bits per heavy atom. The van der Waals surface area contributed by atoms with Gasteiger partial charge in [0.1, 0.15) is 11.9 Å². The van der Waals surface area contributed by atoms with E-state index >= 15 is 0 Å². The summed E-state index contributed by atoms with van der Waals surface area (Å²) in [5.74, 6) is 2.83. The first kappa shape index (κ1) is 20.8. The van der Waals surface area contributed by atoms with Crippen molar-refractivity contribution in [1.82, 2.24) is 35.1 Å². The van der Waals surface area contributed by atoms with Gasteiger partial charge in [0.2, 0.25) is 5.89 Å². The summed E-state index contributed by atoms with van der Waals surface area (Å²) in [6.45, 7) is 5.32. The molecular formula is C22H25ClN8O. The number of unbranched alkanes of at least 4 members (excludes halogenated alkanes) is 1. The lowest BCUT2D eigenvalue weighted by molar-refractivity contribution is 0.351. The number of hydrogen-bond donors (Lipinski definition) is 0. The van der Waals surface area contributed by atoms with Gasteiger partial charge in [-0.2, -0.15) is 4.98 Å². The molecule has 4 heterocycles. The number of aromatic nitrogens is 7. The van der Waals surface area contributed by atoms with Gasteiger partial charge in [-0.3, -0.25) is 0 Å². The van der Waals surface area contributed by atoms with Crippen molar-refractivity contribution in [2.75, 3.05) is 11.4 Å². The molecule has 4 aromatic rings. The van der Waals surface area contributed by atoms with E-state index in [9.17, 15) is 0 Å². The first-order valence-corrected chi connectivity index (χ1v) is 11.4. The largest absolute Gasteiger partial charge is 0.343 e. The van der Waals surface area contributed by atoms with Crippen LogP contribution >= 0.6 is 11.6 Å². The van der Waals surface area contributed by atoms with E-state index in [0.29, 0.717) is 34.4 Å². The van der Waals surface area contributed by atoms with Crippen molar-refractivity contribution in [3.8, 4) is 0 Å². The lowest BCUT2D eigenvalue weighted by Gasteiger charge is -2.23. The molecule has 1 aromatic carbocycles. The van der Waals surface area contributed by atoms with Gasteiger partial charge >= 0.3 is 0 Å². The Labute approximate surface area is 190 Å². The van der Waals surface area contributed by atoms with Gasteiger partial charge in [0.25, 0.3) is 0 Å².